The van der Waals surface area contributed by atoms with Crippen molar-refractivity contribution in [1.82, 2.24) is 15.0 Å². The van der Waals surface area contributed by atoms with Gasteiger partial charge in [0.25, 0.3) is 5.91 Å². The Labute approximate surface area is 185 Å². The highest BCUT2D eigenvalue weighted by atomic mass is 35.5. The van der Waals surface area contributed by atoms with Crippen LogP contribution in [0.3, 0.4) is 0 Å². The summed E-state index contributed by atoms with van der Waals surface area (Å²) in [6.45, 7) is 0. The summed E-state index contributed by atoms with van der Waals surface area (Å²) in [4.78, 5) is 41.9. The lowest BCUT2D eigenvalue weighted by atomic mass is 10.1. The number of carboxylic acids is 2. The first-order chi connectivity index (χ1) is 14.6. The number of aromatic amines is 1. The van der Waals surface area contributed by atoms with Crippen molar-refractivity contribution >= 4 is 47.0 Å². The molecule has 31 heavy (non-hydrogen) atoms. The Morgan fingerprint density at radius 3 is 2.19 bits per heavy atom. The van der Waals surface area contributed by atoms with Gasteiger partial charge in [0.15, 0.2) is 0 Å². The molecule has 1 aromatic carbocycles. The third-order valence-corrected chi connectivity index (χ3v) is 4.15. The summed E-state index contributed by atoms with van der Waals surface area (Å²) in [7, 11) is 0. The van der Waals surface area contributed by atoms with Crippen molar-refractivity contribution in [3.8, 4) is 22.6 Å². The number of carbonyl (C=O) groups is 3. The number of carboxylic acid groups (broad SMARTS) is 2. The summed E-state index contributed by atoms with van der Waals surface area (Å²) in [5, 5.41) is 16.5. The molecule has 0 bridgehead atoms. The topological polar surface area (TPSA) is 185 Å². The second-order valence-electron chi connectivity index (χ2n) is 5.77. The maximum absolute atomic E-state index is 11.8. The molecule has 0 aliphatic carbocycles. The standard InChI is InChI=1S/C15H11Cl2N5O.C4H4O4/c16-7-1-2-8(10(17)5-7)13-9(14(18)23)6-12(21-13)11-3-4-20-15(19)22-11;5-3(6)1-2-4(7)8/h1-6,21H,(H2,18,23)(H2,19,20,22);1-2H,(H,5,6)(H,7,8)/b;2-1-. The van der Waals surface area contributed by atoms with Crippen molar-refractivity contribution in [3.63, 3.8) is 0 Å². The largest absolute Gasteiger partial charge is 0.478 e. The Balaban J connectivity index is 0.000000366. The van der Waals surface area contributed by atoms with Gasteiger partial charge >= 0.3 is 11.9 Å². The van der Waals surface area contributed by atoms with Crippen molar-refractivity contribution in [1.29, 1.82) is 0 Å². The molecule has 0 fully saturated rings. The molecule has 0 spiro atoms. The number of carbonyl (C=O) groups excluding carboxylic acids is 1. The lowest BCUT2D eigenvalue weighted by Gasteiger charge is -2.05. The van der Waals surface area contributed by atoms with Crippen LogP contribution in [0.15, 0.2) is 48.7 Å². The number of benzene rings is 1. The molecule has 3 aromatic rings. The van der Waals surface area contributed by atoms with Crippen LogP contribution in [-0.2, 0) is 9.59 Å². The van der Waals surface area contributed by atoms with E-state index in [-0.39, 0.29) is 5.95 Å². The molecule has 0 aliphatic heterocycles. The SMILES string of the molecule is NC(=O)c1cc(-c2ccnc(N)n2)[nH]c1-c1ccc(Cl)cc1Cl.O=C(O)/C=C\C(=O)O. The molecule has 12 heteroatoms. The third kappa shape index (κ3) is 6.56. The third-order valence-electron chi connectivity index (χ3n) is 3.60. The zero-order chi connectivity index (χ0) is 23.1. The molecule has 0 radical (unpaired) electrons. The van der Waals surface area contributed by atoms with Gasteiger partial charge in [-0.1, -0.05) is 23.2 Å². The van der Waals surface area contributed by atoms with Gasteiger partial charge in [-0.05, 0) is 30.3 Å². The lowest BCUT2D eigenvalue weighted by Crippen LogP contribution is -2.11. The molecular weight excluding hydrogens is 449 g/mol. The number of nitrogen functional groups attached to an aromatic ring is 1. The molecule has 0 atom stereocenters. The Hall–Kier alpha value is -3.89. The van der Waals surface area contributed by atoms with E-state index in [1.54, 1.807) is 30.3 Å². The number of anilines is 1. The average Bonchev–Trinajstić information content (AvgIpc) is 3.12. The zero-order valence-corrected chi connectivity index (χ0v) is 17.1. The van der Waals surface area contributed by atoms with E-state index in [0.29, 0.717) is 50.4 Å². The predicted molar refractivity (Wildman–Crippen MR) is 115 cm³/mol. The summed E-state index contributed by atoms with van der Waals surface area (Å²) in [6.07, 6.45) is 2.64. The van der Waals surface area contributed by atoms with Crippen LogP contribution >= 0.6 is 23.2 Å². The van der Waals surface area contributed by atoms with Gasteiger partial charge in [0, 0.05) is 28.9 Å². The van der Waals surface area contributed by atoms with Gasteiger partial charge in [0.1, 0.15) is 0 Å². The van der Waals surface area contributed by atoms with E-state index in [1.165, 1.54) is 6.20 Å². The van der Waals surface area contributed by atoms with Gasteiger partial charge in [0.05, 0.1) is 27.7 Å². The fourth-order valence-electron chi connectivity index (χ4n) is 2.36. The smallest absolute Gasteiger partial charge is 0.328 e. The fourth-order valence-corrected chi connectivity index (χ4v) is 2.86. The first-order valence-corrected chi connectivity index (χ1v) is 9.05. The molecule has 2 heterocycles. The molecule has 0 saturated heterocycles. The minimum atomic E-state index is -1.26. The Morgan fingerprint density at radius 2 is 1.68 bits per heavy atom. The molecule has 3 rings (SSSR count). The molecule has 0 saturated carbocycles. The quantitative estimate of drug-likeness (QED) is 0.357. The first-order valence-electron chi connectivity index (χ1n) is 8.29. The highest BCUT2D eigenvalue weighted by molar-refractivity contribution is 6.36. The number of aromatic nitrogens is 3. The molecule has 10 nitrogen and oxygen atoms in total. The van der Waals surface area contributed by atoms with Crippen LogP contribution in [0.2, 0.25) is 10.0 Å². The van der Waals surface area contributed by atoms with E-state index >= 15 is 0 Å². The molecule has 160 valence electrons. The maximum Gasteiger partial charge on any atom is 0.328 e. The minimum Gasteiger partial charge on any atom is -0.478 e. The van der Waals surface area contributed by atoms with Crippen LogP contribution in [0, 0.1) is 0 Å². The van der Waals surface area contributed by atoms with Crippen molar-refractivity contribution in [2.75, 3.05) is 5.73 Å². The molecule has 2 aromatic heterocycles. The number of H-pyrrole nitrogens is 1. The number of nitrogens with zero attached hydrogens (tertiary/aromatic N) is 2. The monoisotopic (exact) mass is 463 g/mol. The van der Waals surface area contributed by atoms with E-state index < -0.39 is 17.8 Å². The van der Waals surface area contributed by atoms with Crippen LogP contribution < -0.4 is 11.5 Å². The number of rotatable bonds is 5. The van der Waals surface area contributed by atoms with E-state index in [4.69, 9.17) is 44.9 Å². The van der Waals surface area contributed by atoms with Gasteiger partial charge in [-0.3, -0.25) is 4.79 Å². The lowest BCUT2D eigenvalue weighted by molar-refractivity contribution is -0.134. The Bertz CT molecular complexity index is 1160. The van der Waals surface area contributed by atoms with E-state index in [9.17, 15) is 14.4 Å². The maximum atomic E-state index is 11.8. The number of halogens is 2. The normalized spacial score (nSPS) is 10.4. The summed E-state index contributed by atoms with van der Waals surface area (Å²) in [5.41, 5.74) is 13.6. The molecule has 1 amide bonds. The number of amides is 1. The van der Waals surface area contributed by atoms with Crippen molar-refractivity contribution in [2.45, 2.75) is 0 Å². The Kier molecular flexibility index (Phi) is 7.72. The number of nitrogens with two attached hydrogens (primary N) is 2. The number of primary amides is 1. The van der Waals surface area contributed by atoms with Crippen molar-refractivity contribution in [2.24, 2.45) is 5.73 Å². The van der Waals surface area contributed by atoms with Gasteiger partial charge in [-0.2, -0.15) is 0 Å². The molecule has 0 aliphatic rings. The number of nitrogens with one attached hydrogen (secondary N) is 1. The highest BCUT2D eigenvalue weighted by Gasteiger charge is 2.18. The summed E-state index contributed by atoms with van der Waals surface area (Å²) >= 11 is 12.1. The molecule has 0 unspecified atom stereocenters. The highest BCUT2D eigenvalue weighted by Crippen LogP contribution is 2.34. The second-order valence-corrected chi connectivity index (χ2v) is 6.61. The fraction of sp³-hybridized carbons (Fsp3) is 0. The predicted octanol–water partition coefficient (Wildman–Crippen LogP) is 2.84. The zero-order valence-electron chi connectivity index (χ0n) is 15.5. The summed E-state index contributed by atoms with van der Waals surface area (Å²) in [6, 6.07) is 8.24. The van der Waals surface area contributed by atoms with Crippen molar-refractivity contribution < 1.29 is 24.6 Å². The number of aliphatic carboxylic acids is 2. The second kappa shape index (κ2) is 10.2. The van der Waals surface area contributed by atoms with Crippen LogP contribution in [-0.4, -0.2) is 43.0 Å². The number of hydrogen-bond acceptors (Lipinski definition) is 6. The minimum absolute atomic E-state index is 0.129. The van der Waals surface area contributed by atoms with E-state index in [0.717, 1.165) is 0 Å². The van der Waals surface area contributed by atoms with Gasteiger partial charge in [0.2, 0.25) is 5.95 Å². The van der Waals surface area contributed by atoms with Gasteiger partial charge in [-0.25, -0.2) is 19.6 Å². The Morgan fingerprint density at radius 1 is 1.03 bits per heavy atom. The van der Waals surface area contributed by atoms with E-state index in [2.05, 4.69) is 15.0 Å². The van der Waals surface area contributed by atoms with Crippen LogP contribution in [0.5, 0.6) is 0 Å². The first kappa shape index (κ1) is 23.4. The average molecular weight is 464 g/mol. The number of hydrogen-bond donors (Lipinski definition) is 5. The molecular formula is C19H15Cl2N5O5. The van der Waals surface area contributed by atoms with Crippen molar-refractivity contribution in [3.05, 3.63) is 64.3 Å². The van der Waals surface area contributed by atoms with Gasteiger partial charge < -0.3 is 26.7 Å². The van der Waals surface area contributed by atoms with Crippen LogP contribution in [0.1, 0.15) is 10.4 Å². The molecule has 7 N–H and O–H groups in total. The summed E-state index contributed by atoms with van der Waals surface area (Å²) in [5.74, 6) is -2.97. The van der Waals surface area contributed by atoms with E-state index in [1.807, 2.05) is 0 Å². The van der Waals surface area contributed by atoms with Gasteiger partial charge in [-0.15, -0.1) is 0 Å². The van der Waals surface area contributed by atoms with Crippen LogP contribution in [0.4, 0.5) is 5.95 Å². The summed E-state index contributed by atoms with van der Waals surface area (Å²) < 4.78 is 0. The van der Waals surface area contributed by atoms with Crippen LogP contribution in [0.25, 0.3) is 22.6 Å².